The molecule has 2 nitrogen and oxygen atoms in total. The van der Waals surface area contributed by atoms with Gasteiger partial charge in [0, 0.05) is 13.1 Å². The van der Waals surface area contributed by atoms with E-state index in [1.807, 2.05) is 11.8 Å². The van der Waals surface area contributed by atoms with E-state index in [1.165, 1.54) is 18.6 Å². The van der Waals surface area contributed by atoms with Crippen molar-refractivity contribution >= 4 is 5.91 Å². The first-order valence-corrected chi connectivity index (χ1v) is 7.16. The highest BCUT2D eigenvalue weighted by molar-refractivity contribution is 5.83. The Morgan fingerprint density at radius 1 is 1.42 bits per heavy atom. The number of piperidine rings is 1. The fraction of sp³-hybridized carbons (Fsp3) is 0.562. The smallest absolute Gasteiger partial charge is 0.230 e. The third-order valence-corrected chi connectivity index (χ3v) is 3.95. The maximum absolute atomic E-state index is 13.0. The number of hydrogen-bond acceptors (Lipinski definition) is 1. The number of benzene rings is 1. The Hall–Kier alpha value is -1.38. The van der Waals surface area contributed by atoms with Crippen molar-refractivity contribution in [2.24, 2.45) is 5.92 Å². The summed E-state index contributed by atoms with van der Waals surface area (Å²) >= 11 is 0. The van der Waals surface area contributed by atoms with Gasteiger partial charge >= 0.3 is 0 Å². The minimum Gasteiger partial charge on any atom is -0.342 e. The lowest BCUT2D eigenvalue weighted by Crippen LogP contribution is -2.41. The van der Waals surface area contributed by atoms with Gasteiger partial charge in [-0.15, -0.1) is 0 Å². The lowest BCUT2D eigenvalue weighted by atomic mass is 9.92. The average molecular weight is 263 g/mol. The molecule has 1 aromatic rings. The molecule has 3 heteroatoms. The molecule has 0 aliphatic carbocycles. The molecule has 1 fully saturated rings. The van der Waals surface area contributed by atoms with Crippen LogP contribution in [0.15, 0.2) is 24.3 Å². The molecule has 0 N–H and O–H groups in total. The third-order valence-electron chi connectivity index (χ3n) is 3.95. The van der Waals surface area contributed by atoms with Gasteiger partial charge in [0.1, 0.15) is 5.82 Å². The number of carbonyl (C=O) groups is 1. The quantitative estimate of drug-likeness (QED) is 0.816. The van der Waals surface area contributed by atoms with Crippen LogP contribution in [0.1, 0.15) is 44.6 Å². The van der Waals surface area contributed by atoms with Crippen LogP contribution in [0.5, 0.6) is 0 Å². The second-order valence-electron chi connectivity index (χ2n) is 5.54. The van der Waals surface area contributed by atoms with Gasteiger partial charge in [0.15, 0.2) is 0 Å². The van der Waals surface area contributed by atoms with Gasteiger partial charge in [-0.2, -0.15) is 0 Å². The summed E-state index contributed by atoms with van der Waals surface area (Å²) < 4.78 is 13.0. The van der Waals surface area contributed by atoms with Crippen molar-refractivity contribution < 1.29 is 9.18 Å². The molecule has 1 amide bonds. The first-order valence-electron chi connectivity index (χ1n) is 7.16. The van der Waals surface area contributed by atoms with E-state index in [4.69, 9.17) is 0 Å². The molecule has 104 valence electrons. The number of carbonyl (C=O) groups excluding carboxylic acids is 1. The molecule has 0 radical (unpaired) electrons. The summed E-state index contributed by atoms with van der Waals surface area (Å²) in [5, 5.41) is 0. The first kappa shape index (κ1) is 14.0. The molecule has 1 heterocycles. The molecule has 0 spiro atoms. The Kier molecular flexibility index (Phi) is 4.56. The zero-order chi connectivity index (χ0) is 13.8. The summed E-state index contributed by atoms with van der Waals surface area (Å²) in [6.45, 7) is 5.93. The summed E-state index contributed by atoms with van der Waals surface area (Å²) in [5.41, 5.74) is 0.923. The standard InChI is InChI=1S/C16H22FNO/c1-3-15(13-6-8-14(17)9-7-13)16(19)18-10-4-5-12(2)11-18/h6-9,12,15H,3-5,10-11H2,1-2H3. The monoisotopic (exact) mass is 263 g/mol. The fourth-order valence-electron chi connectivity index (χ4n) is 2.86. The molecule has 1 aromatic carbocycles. The van der Waals surface area contributed by atoms with Gasteiger partial charge in [-0.05, 0) is 42.9 Å². The number of hydrogen-bond donors (Lipinski definition) is 0. The first-order chi connectivity index (χ1) is 9.11. The highest BCUT2D eigenvalue weighted by Gasteiger charge is 2.27. The van der Waals surface area contributed by atoms with E-state index in [-0.39, 0.29) is 17.6 Å². The fourth-order valence-corrected chi connectivity index (χ4v) is 2.86. The van der Waals surface area contributed by atoms with Gasteiger partial charge < -0.3 is 4.90 Å². The lowest BCUT2D eigenvalue weighted by molar-refractivity contribution is -0.134. The summed E-state index contributed by atoms with van der Waals surface area (Å²) in [7, 11) is 0. The number of halogens is 1. The van der Waals surface area contributed by atoms with Gasteiger partial charge in [-0.25, -0.2) is 4.39 Å². The van der Waals surface area contributed by atoms with E-state index in [0.717, 1.165) is 31.5 Å². The maximum atomic E-state index is 13.0. The molecular formula is C16H22FNO. The summed E-state index contributed by atoms with van der Waals surface area (Å²) in [6, 6.07) is 6.33. The second kappa shape index (κ2) is 6.18. The molecule has 1 saturated heterocycles. The molecule has 19 heavy (non-hydrogen) atoms. The Morgan fingerprint density at radius 3 is 2.68 bits per heavy atom. The van der Waals surface area contributed by atoms with Crippen LogP contribution in [0.3, 0.4) is 0 Å². The Bertz CT molecular complexity index is 429. The zero-order valence-electron chi connectivity index (χ0n) is 11.7. The largest absolute Gasteiger partial charge is 0.342 e. The minimum atomic E-state index is -0.252. The topological polar surface area (TPSA) is 20.3 Å². The van der Waals surface area contributed by atoms with Crippen molar-refractivity contribution in [3.05, 3.63) is 35.6 Å². The van der Waals surface area contributed by atoms with Crippen molar-refractivity contribution in [3.63, 3.8) is 0 Å². The molecule has 2 unspecified atom stereocenters. The second-order valence-corrected chi connectivity index (χ2v) is 5.54. The van der Waals surface area contributed by atoms with E-state index < -0.39 is 0 Å². The number of amides is 1. The van der Waals surface area contributed by atoms with E-state index in [2.05, 4.69) is 6.92 Å². The Morgan fingerprint density at radius 2 is 2.11 bits per heavy atom. The van der Waals surface area contributed by atoms with Crippen molar-refractivity contribution in [2.45, 2.75) is 39.0 Å². The van der Waals surface area contributed by atoms with Gasteiger partial charge in [0.2, 0.25) is 5.91 Å². The van der Waals surface area contributed by atoms with Gasteiger partial charge in [-0.3, -0.25) is 4.79 Å². The number of rotatable bonds is 3. The van der Waals surface area contributed by atoms with Crippen LogP contribution < -0.4 is 0 Å². The van der Waals surface area contributed by atoms with Crippen LogP contribution in [-0.4, -0.2) is 23.9 Å². The molecule has 2 atom stereocenters. The van der Waals surface area contributed by atoms with Crippen molar-refractivity contribution in [3.8, 4) is 0 Å². The van der Waals surface area contributed by atoms with Crippen molar-refractivity contribution in [1.82, 2.24) is 4.90 Å². The van der Waals surface area contributed by atoms with Crippen LogP contribution in [0, 0.1) is 11.7 Å². The Balaban J connectivity index is 2.12. The highest BCUT2D eigenvalue weighted by atomic mass is 19.1. The maximum Gasteiger partial charge on any atom is 0.230 e. The predicted molar refractivity (Wildman–Crippen MR) is 74.4 cm³/mol. The van der Waals surface area contributed by atoms with Crippen LogP contribution in [0.4, 0.5) is 4.39 Å². The molecule has 1 aliphatic heterocycles. The molecule has 0 bridgehead atoms. The number of nitrogens with zero attached hydrogens (tertiary/aromatic N) is 1. The van der Waals surface area contributed by atoms with Crippen LogP contribution in [-0.2, 0) is 4.79 Å². The molecule has 2 rings (SSSR count). The minimum absolute atomic E-state index is 0.133. The van der Waals surface area contributed by atoms with Gasteiger partial charge in [0.05, 0.1) is 5.92 Å². The average Bonchev–Trinajstić information content (AvgIpc) is 2.41. The number of likely N-dealkylation sites (tertiary alicyclic amines) is 1. The van der Waals surface area contributed by atoms with Gasteiger partial charge in [-0.1, -0.05) is 26.0 Å². The summed E-state index contributed by atoms with van der Waals surface area (Å²) in [6.07, 6.45) is 3.05. The molecule has 0 saturated carbocycles. The molecule has 1 aliphatic rings. The van der Waals surface area contributed by atoms with E-state index in [1.54, 1.807) is 12.1 Å². The third kappa shape index (κ3) is 3.34. The highest BCUT2D eigenvalue weighted by Crippen LogP contribution is 2.25. The van der Waals surface area contributed by atoms with E-state index >= 15 is 0 Å². The van der Waals surface area contributed by atoms with E-state index in [0.29, 0.717) is 5.92 Å². The Labute approximate surface area is 114 Å². The van der Waals surface area contributed by atoms with Crippen LogP contribution in [0.25, 0.3) is 0 Å². The van der Waals surface area contributed by atoms with Crippen LogP contribution in [0.2, 0.25) is 0 Å². The van der Waals surface area contributed by atoms with Crippen molar-refractivity contribution in [1.29, 1.82) is 0 Å². The SMILES string of the molecule is CCC(C(=O)N1CCCC(C)C1)c1ccc(F)cc1. The lowest BCUT2D eigenvalue weighted by Gasteiger charge is -2.33. The van der Waals surface area contributed by atoms with Crippen molar-refractivity contribution in [2.75, 3.05) is 13.1 Å². The molecule has 0 aromatic heterocycles. The molecular weight excluding hydrogens is 241 g/mol. The van der Waals surface area contributed by atoms with Crippen LogP contribution >= 0.6 is 0 Å². The predicted octanol–water partition coefficient (Wildman–Crippen LogP) is 3.58. The van der Waals surface area contributed by atoms with Gasteiger partial charge in [0.25, 0.3) is 0 Å². The summed E-state index contributed by atoms with van der Waals surface area (Å²) in [4.78, 5) is 14.6. The normalized spacial score (nSPS) is 21.2. The van der Waals surface area contributed by atoms with E-state index in [9.17, 15) is 9.18 Å². The zero-order valence-corrected chi connectivity index (χ0v) is 11.7. The summed E-state index contributed by atoms with van der Waals surface area (Å²) in [5.74, 6) is 0.396.